The number of nitrogens with one attached hydrogen (secondary N) is 8. The molecule has 0 aliphatic carbocycles. The van der Waals surface area contributed by atoms with Crippen LogP contribution in [-0.4, -0.2) is 142 Å². The van der Waals surface area contributed by atoms with E-state index in [0.29, 0.717) is 12.8 Å². The Labute approximate surface area is 415 Å². The fourth-order valence-corrected chi connectivity index (χ4v) is 6.80. The van der Waals surface area contributed by atoms with Crippen molar-refractivity contribution in [1.29, 1.82) is 0 Å². The molecule has 10 atom stereocenters. The lowest BCUT2D eigenvalue weighted by Gasteiger charge is -2.30. The van der Waals surface area contributed by atoms with Gasteiger partial charge in [0.25, 0.3) is 0 Å². The van der Waals surface area contributed by atoms with E-state index in [1.807, 2.05) is 13.8 Å². The van der Waals surface area contributed by atoms with Gasteiger partial charge in [0, 0.05) is 19.4 Å². The van der Waals surface area contributed by atoms with Crippen LogP contribution in [0.5, 0.6) is 0 Å². The summed E-state index contributed by atoms with van der Waals surface area (Å²) < 4.78 is 0. The van der Waals surface area contributed by atoms with Crippen molar-refractivity contribution in [2.75, 3.05) is 6.54 Å². The molecule has 0 heterocycles. The normalized spacial score (nSPS) is 15.4. The molecule has 0 spiro atoms. The van der Waals surface area contributed by atoms with Gasteiger partial charge in [-0.05, 0) is 76.0 Å². The standard InChI is InChI=1S/C45H81N13O13/c1-11-24(8)35(43(69)56-31(20-22(4)5)41(67)52-26(10)37(63)57-34(23(6)7)42(68)55-30(44(70)71)15-17-33(60)61)58-40(66)28(13-12-18-50-45(48)49)53-36(62)25(9)51-39(65)29(14-16-32(47)59)54-38(64)27(46)19-21(2)3/h21-31,34-35H,11-20,46H2,1-10H3,(H2,47,59)(H,51,65)(H,52,67)(H,53,62)(H,54,64)(H,55,68)(H,56,69)(H,57,63)(H,58,66)(H,60,61)(H,70,71)(H4,48,49,50)/t24-,25-,26-,27-,28-,29-,30-,31-,34-,35-/m0/s1. The Balaban J connectivity index is 6.38. The van der Waals surface area contributed by atoms with Gasteiger partial charge in [0.15, 0.2) is 5.96 Å². The molecule has 18 N–H and O–H groups in total. The zero-order valence-electron chi connectivity index (χ0n) is 42.7. The number of aliphatic imine (C=N–C) groups is 1. The molecule has 9 amide bonds. The smallest absolute Gasteiger partial charge is 0.326 e. The maximum Gasteiger partial charge on any atom is 0.326 e. The third-order valence-electron chi connectivity index (χ3n) is 11.1. The van der Waals surface area contributed by atoms with E-state index in [0.717, 1.165) is 0 Å². The van der Waals surface area contributed by atoms with Crippen molar-refractivity contribution in [3.05, 3.63) is 0 Å². The zero-order chi connectivity index (χ0) is 54.9. The van der Waals surface area contributed by atoms with Crippen LogP contribution in [0.2, 0.25) is 0 Å². The summed E-state index contributed by atoms with van der Waals surface area (Å²) in [5, 5.41) is 38.7. The minimum Gasteiger partial charge on any atom is -0.481 e. The second-order valence-corrected chi connectivity index (χ2v) is 18.9. The number of amides is 9. The molecule has 404 valence electrons. The Morgan fingerprint density at radius 1 is 0.493 bits per heavy atom. The van der Waals surface area contributed by atoms with Gasteiger partial charge in [-0.3, -0.25) is 52.9 Å². The number of guanidine groups is 1. The molecule has 0 fully saturated rings. The van der Waals surface area contributed by atoms with E-state index in [4.69, 9.17) is 28.0 Å². The molecule has 0 saturated carbocycles. The molecule has 0 aromatic rings. The third kappa shape index (κ3) is 25.7. The average Bonchev–Trinajstić information content (AvgIpc) is 3.26. The predicted molar refractivity (Wildman–Crippen MR) is 261 cm³/mol. The van der Waals surface area contributed by atoms with E-state index in [-0.39, 0.29) is 56.4 Å². The van der Waals surface area contributed by atoms with E-state index in [9.17, 15) is 57.8 Å². The lowest BCUT2D eigenvalue weighted by Crippen LogP contribution is -2.61. The molecule has 71 heavy (non-hydrogen) atoms. The molecule has 0 aliphatic heterocycles. The number of carboxylic acids is 2. The fourth-order valence-electron chi connectivity index (χ4n) is 6.80. The maximum absolute atomic E-state index is 14.1. The summed E-state index contributed by atoms with van der Waals surface area (Å²) in [5.41, 5.74) is 22.2. The van der Waals surface area contributed by atoms with Gasteiger partial charge >= 0.3 is 11.9 Å². The quantitative estimate of drug-likeness (QED) is 0.0177. The summed E-state index contributed by atoms with van der Waals surface area (Å²) in [4.78, 5) is 146. The van der Waals surface area contributed by atoms with Crippen molar-refractivity contribution in [1.82, 2.24) is 42.5 Å². The molecule has 0 bridgehead atoms. The third-order valence-corrected chi connectivity index (χ3v) is 11.1. The average molecular weight is 1010 g/mol. The van der Waals surface area contributed by atoms with Crippen LogP contribution in [-0.2, 0) is 52.7 Å². The second-order valence-electron chi connectivity index (χ2n) is 18.9. The Morgan fingerprint density at radius 3 is 1.41 bits per heavy atom. The largest absolute Gasteiger partial charge is 0.481 e. The first-order chi connectivity index (χ1) is 32.9. The van der Waals surface area contributed by atoms with Crippen LogP contribution < -0.4 is 65.5 Å². The number of nitrogens with zero attached hydrogens (tertiary/aromatic N) is 1. The number of hydrogen-bond acceptors (Lipinski definition) is 13. The van der Waals surface area contributed by atoms with Gasteiger partial charge in [0.1, 0.15) is 48.3 Å². The van der Waals surface area contributed by atoms with Gasteiger partial charge in [0.2, 0.25) is 53.2 Å². The number of carbonyl (C=O) groups is 11. The SMILES string of the molecule is CC[C@H](C)[C@H](NC(=O)[C@H](CCCN=C(N)N)NC(=O)[C@H](C)NC(=O)[C@H](CCC(N)=O)NC(=O)[C@@H](N)CC(C)C)C(=O)N[C@@H](CC(C)C)C(=O)N[C@@H](C)C(=O)N[C@H](C(=O)N[C@@H](CCC(=O)O)C(=O)O)C(C)C. The summed E-state index contributed by atoms with van der Waals surface area (Å²) in [6.45, 7) is 16.6. The summed E-state index contributed by atoms with van der Waals surface area (Å²) in [7, 11) is 0. The topological polar surface area (TPSA) is 441 Å². The molecule has 26 nitrogen and oxygen atoms in total. The van der Waals surface area contributed by atoms with Crippen molar-refractivity contribution in [2.45, 2.75) is 181 Å². The van der Waals surface area contributed by atoms with Crippen molar-refractivity contribution >= 4 is 71.1 Å². The Morgan fingerprint density at radius 2 is 0.930 bits per heavy atom. The van der Waals surface area contributed by atoms with Crippen LogP contribution in [0.25, 0.3) is 0 Å². The number of nitrogens with two attached hydrogens (primary N) is 4. The molecule has 0 aromatic carbocycles. The molecular weight excluding hydrogens is 931 g/mol. The number of aliphatic carboxylic acids is 2. The summed E-state index contributed by atoms with van der Waals surface area (Å²) in [6.07, 6.45) is -0.587. The van der Waals surface area contributed by atoms with Crippen LogP contribution >= 0.6 is 0 Å². The molecule has 0 aliphatic rings. The Bertz CT molecular complexity index is 1880. The van der Waals surface area contributed by atoms with E-state index in [1.165, 1.54) is 13.8 Å². The fraction of sp³-hybridized carbons (Fsp3) is 0.733. The molecular formula is C45H81N13O13. The first-order valence-corrected chi connectivity index (χ1v) is 23.9. The Kier molecular flexibility index (Phi) is 29.3. The summed E-state index contributed by atoms with van der Waals surface area (Å²) >= 11 is 0. The summed E-state index contributed by atoms with van der Waals surface area (Å²) in [5.74, 6) is -11.4. The van der Waals surface area contributed by atoms with Crippen molar-refractivity contribution in [3.63, 3.8) is 0 Å². The van der Waals surface area contributed by atoms with Gasteiger partial charge in [-0.15, -0.1) is 0 Å². The highest BCUT2D eigenvalue weighted by atomic mass is 16.4. The van der Waals surface area contributed by atoms with Crippen molar-refractivity contribution in [3.8, 4) is 0 Å². The van der Waals surface area contributed by atoms with Gasteiger partial charge in [-0.25, -0.2) is 4.79 Å². The van der Waals surface area contributed by atoms with Crippen LogP contribution in [0.15, 0.2) is 4.99 Å². The monoisotopic (exact) mass is 1010 g/mol. The van der Waals surface area contributed by atoms with Gasteiger partial charge in [-0.2, -0.15) is 0 Å². The first-order valence-electron chi connectivity index (χ1n) is 23.9. The highest BCUT2D eigenvalue weighted by Gasteiger charge is 2.36. The van der Waals surface area contributed by atoms with E-state index in [2.05, 4.69) is 47.5 Å². The van der Waals surface area contributed by atoms with Crippen LogP contribution in [0, 0.1) is 23.7 Å². The second kappa shape index (κ2) is 32.3. The first kappa shape index (κ1) is 64.4. The lowest BCUT2D eigenvalue weighted by molar-refractivity contribution is -0.143. The van der Waals surface area contributed by atoms with E-state index < -0.39 is 144 Å². The van der Waals surface area contributed by atoms with Crippen LogP contribution in [0.3, 0.4) is 0 Å². The zero-order valence-corrected chi connectivity index (χ0v) is 42.7. The van der Waals surface area contributed by atoms with E-state index >= 15 is 0 Å². The molecule has 0 radical (unpaired) electrons. The number of carbonyl (C=O) groups excluding carboxylic acids is 9. The predicted octanol–water partition coefficient (Wildman–Crippen LogP) is -2.71. The molecule has 0 saturated heterocycles. The number of hydrogen-bond donors (Lipinski definition) is 14. The van der Waals surface area contributed by atoms with Crippen LogP contribution in [0.4, 0.5) is 0 Å². The highest BCUT2D eigenvalue weighted by Crippen LogP contribution is 2.13. The maximum atomic E-state index is 14.1. The summed E-state index contributed by atoms with van der Waals surface area (Å²) in [6, 6.07) is -11.6. The van der Waals surface area contributed by atoms with Crippen molar-refractivity contribution in [2.24, 2.45) is 51.6 Å². The lowest BCUT2D eigenvalue weighted by atomic mass is 9.96. The molecule has 0 aromatic heterocycles. The molecule has 0 unspecified atom stereocenters. The number of carboxylic acid groups (broad SMARTS) is 2. The highest BCUT2D eigenvalue weighted by molar-refractivity contribution is 5.98. The number of rotatable bonds is 34. The van der Waals surface area contributed by atoms with Gasteiger partial charge in [-0.1, -0.05) is 61.8 Å². The molecule has 26 heteroatoms. The van der Waals surface area contributed by atoms with Gasteiger partial charge < -0.3 is 75.7 Å². The minimum atomic E-state index is -1.55. The number of primary amides is 1. The van der Waals surface area contributed by atoms with E-state index in [1.54, 1.807) is 41.5 Å². The Hall–Kier alpha value is -6.60. The minimum absolute atomic E-state index is 0.0529. The van der Waals surface area contributed by atoms with Crippen molar-refractivity contribution < 1.29 is 63.0 Å². The van der Waals surface area contributed by atoms with Crippen LogP contribution in [0.1, 0.15) is 127 Å². The molecule has 0 rings (SSSR count). The van der Waals surface area contributed by atoms with Gasteiger partial charge in [0.05, 0.1) is 6.04 Å².